The fourth-order valence-corrected chi connectivity index (χ4v) is 3.89. The Hall–Kier alpha value is -2.93. The fraction of sp³-hybridized carbons (Fsp3) is 0.318. The van der Waals surface area contributed by atoms with Crippen molar-refractivity contribution < 1.29 is 14.3 Å². The van der Waals surface area contributed by atoms with Gasteiger partial charge in [-0.05, 0) is 43.2 Å². The zero-order valence-corrected chi connectivity index (χ0v) is 17.2. The van der Waals surface area contributed by atoms with Crippen LogP contribution in [0.1, 0.15) is 45.9 Å². The molecule has 0 N–H and O–H groups in total. The van der Waals surface area contributed by atoms with Gasteiger partial charge in [0.25, 0.3) is 5.69 Å². The number of aryl methyl sites for hydroxylation is 3. The van der Waals surface area contributed by atoms with Crippen molar-refractivity contribution in [1.82, 2.24) is 0 Å². The van der Waals surface area contributed by atoms with Gasteiger partial charge in [0.2, 0.25) is 11.8 Å². The molecule has 1 atom stereocenters. The van der Waals surface area contributed by atoms with E-state index in [1.54, 1.807) is 29.7 Å². The highest BCUT2D eigenvalue weighted by Crippen LogP contribution is 2.23. The summed E-state index contributed by atoms with van der Waals surface area (Å²) >= 11 is 5.47. The third kappa shape index (κ3) is 4.56. The van der Waals surface area contributed by atoms with Crippen LogP contribution in [0.25, 0.3) is 0 Å². The van der Waals surface area contributed by atoms with Crippen LogP contribution in [0.4, 0.5) is 5.69 Å². The normalized spacial score (nSPS) is 14.7. The maximum absolute atomic E-state index is 13.4. The predicted octanol–water partition coefficient (Wildman–Crippen LogP) is 3.62. The van der Waals surface area contributed by atoms with E-state index in [1.807, 2.05) is 18.5 Å². The zero-order chi connectivity index (χ0) is 21.0. The largest absolute Gasteiger partial charge is 0.758 e. The van der Waals surface area contributed by atoms with Gasteiger partial charge in [-0.1, -0.05) is 18.2 Å². The third-order valence-corrected chi connectivity index (χ3v) is 5.51. The standard InChI is InChI=1S/C22H23N3O3S/c1-3-11-23-22(29)20(24-12-10-16-6-4-5-7-18(16)14-24)21(26)17-9-8-15(2)19(13-17)25(27)28/h3,8-10,12-14,20H,1,4-7,11H2,2H3/t20-/m1/s1. The minimum absolute atomic E-state index is 0.0843. The van der Waals surface area contributed by atoms with Gasteiger partial charge in [0.1, 0.15) is 0 Å². The van der Waals surface area contributed by atoms with Gasteiger partial charge in [-0.15, -0.1) is 6.58 Å². The number of nitro benzene ring substituents is 1. The Balaban J connectivity index is 2.06. The van der Waals surface area contributed by atoms with E-state index in [1.165, 1.54) is 23.6 Å². The second kappa shape index (κ2) is 9.05. The summed E-state index contributed by atoms with van der Waals surface area (Å²) in [5.41, 5.74) is 3.16. The number of rotatable bonds is 7. The first kappa shape index (κ1) is 20.8. The number of Topliss-reactive ketones (excluding diaryl/α,β-unsaturated/α-hetero) is 1. The first-order valence-electron chi connectivity index (χ1n) is 9.56. The van der Waals surface area contributed by atoms with Crippen LogP contribution < -0.4 is 4.57 Å². The molecule has 1 aromatic carbocycles. The van der Waals surface area contributed by atoms with Gasteiger partial charge in [-0.25, -0.2) is 0 Å². The summed E-state index contributed by atoms with van der Waals surface area (Å²) in [6.07, 6.45) is 9.71. The molecule has 0 bridgehead atoms. The molecule has 1 aromatic heterocycles. The lowest BCUT2D eigenvalue weighted by Gasteiger charge is -2.21. The molecule has 0 aliphatic heterocycles. The second-order valence-electron chi connectivity index (χ2n) is 7.14. The molecule has 6 nitrogen and oxygen atoms in total. The molecular formula is C22H23N3O3S. The summed E-state index contributed by atoms with van der Waals surface area (Å²) in [5.74, 6) is -0.313. The van der Waals surface area contributed by atoms with Gasteiger partial charge in [-0.3, -0.25) is 14.9 Å². The molecule has 0 saturated carbocycles. The maximum Gasteiger partial charge on any atom is 0.273 e. The van der Waals surface area contributed by atoms with E-state index in [9.17, 15) is 14.9 Å². The lowest BCUT2D eigenvalue weighted by molar-refractivity contribution is -0.692. The summed E-state index contributed by atoms with van der Waals surface area (Å²) in [5, 5.41) is 11.5. The Morgan fingerprint density at radius 2 is 2.07 bits per heavy atom. The first-order valence-corrected chi connectivity index (χ1v) is 9.97. The molecule has 1 aliphatic rings. The molecule has 7 heteroatoms. The molecule has 29 heavy (non-hydrogen) atoms. The summed E-state index contributed by atoms with van der Waals surface area (Å²) in [6, 6.07) is 5.71. The summed E-state index contributed by atoms with van der Waals surface area (Å²) < 4.78 is 1.78. The number of aliphatic imine (C=N–C) groups is 1. The van der Waals surface area contributed by atoms with Crippen LogP contribution in [0.2, 0.25) is 0 Å². The van der Waals surface area contributed by atoms with Crippen molar-refractivity contribution in [3.63, 3.8) is 0 Å². The predicted molar refractivity (Wildman–Crippen MR) is 114 cm³/mol. The summed E-state index contributed by atoms with van der Waals surface area (Å²) in [4.78, 5) is 28.5. The lowest BCUT2D eigenvalue weighted by Crippen LogP contribution is -2.48. The number of ketones is 1. The molecule has 0 unspecified atom stereocenters. The Bertz CT molecular complexity index is 1000. The average Bonchev–Trinajstić information content (AvgIpc) is 2.72. The van der Waals surface area contributed by atoms with Crippen LogP contribution in [-0.4, -0.2) is 22.3 Å². The molecule has 0 radical (unpaired) electrons. The minimum Gasteiger partial charge on any atom is -0.758 e. The minimum atomic E-state index is -0.834. The van der Waals surface area contributed by atoms with Crippen molar-refractivity contribution in [2.24, 2.45) is 4.99 Å². The molecular weight excluding hydrogens is 386 g/mol. The number of carbonyl (C=O) groups is 1. The van der Waals surface area contributed by atoms with E-state index in [-0.39, 0.29) is 22.1 Å². The third-order valence-electron chi connectivity index (χ3n) is 5.15. The fourth-order valence-electron chi connectivity index (χ4n) is 3.58. The van der Waals surface area contributed by atoms with Gasteiger partial charge < -0.3 is 17.6 Å². The quantitative estimate of drug-likeness (QED) is 0.102. The Labute approximate surface area is 175 Å². The van der Waals surface area contributed by atoms with E-state index in [0.717, 1.165) is 19.3 Å². The highest BCUT2D eigenvalue weighted by molar-refractivity contribution is 7.77. The number of aromatic nitrogens is 1. The van der Waals surface area contributed by atoms with Crippen molar-refractivity contribution in [1.29, 1.82) is 0 Å². The van der Waals surface area contributed by atoms with Gasteiger partial charge in [0, 0.05) is 28.8 Å². The van der Waals surface area contributed by atoms with Crippen LogP contribution >= 0.6 is 0 Å². The summed E-state index contributed by atoms with van der Waals surface area (Å²) in [7, 11) is 0. The van der Waals surface area contributed by atoms with E-state index in [0.29, 0.717) is 12.1 Å². The molecule has 2 aromatic rings. The molecule has 3 rings (SSSR count). The van der Waals surface area contributed by atoms with Crippen LogP contribution in [-0.2, 0) is 25.5 Å². The topological polar surface area (TPSA) is 76.4 Å². The van der Waals surface area contributed by atoms with Crippen molar-refractivity contribution in [3.8, 4) is 0 Å². The van der Waals surface area contributed by atoms with E-state index in [4.69, 9.17) is 12.6 Å². The van der Waals surface area contributed by atoms with Crippen LogP contribution in [0.3, 0.4) is 0 Å². The number of carbonyl (C=O) groups excluding carboxylic acids is 1. The second-order valence-corrected chi connectivity index (χ2v) is 7.56. The molecule has 0 fully saturated rings. The van der Waals surface area contributed by atoms with E-state index >= 15 is 0 Å². The molecule has 1 aliphatic carbocycles. The van der Waals surface area contributed by atoms with Crippen molar-refractivity contribution in [3.05, 3.63) is 81.7 Å². The molecule has 150 valence electrons. The number of pyridine rings is 1. The average molecular weight is 410 g/mol. The monoisotopic (exact) mass is 409 g/mol. The molecule has 0 amide bonds. The highest BCUT2D eigenvalue weighted by Gasteiger charge is 2.30. The van der Waals surface area contributed by atoms with E-state index in [2.05, 4.69) is 11.6 Å². The van der Waals surface area contributed by atoms with Gasteiger partial charge in [-0.2, -0.15) is 4.57 Å². The summed E-state index contributed by atoms with van der Waals surface area (Å²) in [6.45, 7) is 5.60. The van der Waals surface area contributed by atoms with Crippen LogP contribution in [0.15, 0.2) is 54.3 Å². The zero-order valence-electron chi connectivity index (χ0n) is 16.3. The number of hydrogen-bond acceptors (Lipinski definition) is 5. The number of benzene rings is 1. The lowest BCUT2D eigenvalue weighted by atomic mass is 9.93. The first-order chi connectivity index (χ1) is 13.9. The van der Waals surface area contributed by atoms with Gasteiger partial charge >= 0.3 is 0 Å². The Morgan fingerprint density at radius 1 is 1.34 bits per heavy atom. The Morgan fingerprint density at radius 3 is 2.76 bits per heavy atom. The number of fused-ring (bicyclic) bond motifs is 1. The van der Waals surface area contributed by atoms with Crippen molar-refractivity contribution in [2.75, 3.05) is 6.54 Å². The van der Waals surface area contributed by atoms with Gasteiger partial charge in [0.05, 0.1) is 11.5 Å². The highest BCUT2D eigenvalue weighted by atomic mass is 32.1. The Kier molecular flexibility index (Phi) is 6.49. The number of nitro groups is 1. The maximum atomic E-state index is 13.4. The number of nitrogens with zero attached hydrogens (tertiary/aromatic N) is 3. The van der Waals surface area contributed by atoms with Crippen molar-refractivity contribution >= 4 is 29.1 Å². The van der Waals surface area contributed by atoms with Gasteiger partial charge in [0.15, 0.2) is 12.4 Å². The smallest absolute Gasteiger partial charge is 0.273 e. The molecule has 0 spiro atoms. The number of hydrogen-bond donors (Lipinski definition) is 0. The van der Waals surface area contributed by atoms with E-state index < -0.39 is 11.0 Å². The molecule has 1 heterocycles. The van der Waals surface area contributed by atoms with Crippen LogP contribution in [0, 0.1) is 17.0 Å². The van der Waals surface area contributed by atoms with Crippen LogP contribution in [0.5, 0.6) is 0 Å². The van der Waals surface area contributed by atoms with Crippen molar-refractivity contribution in [2.45, 2.75) is 38.6 Å². The SMILES string of the molecule is C=CCN=C([S-])[C@@H](C(=O)c1ccc(C)c([N+](=O)[O-])c1)[n+]1ccc2c(c1)CCCC2. The molecule has 0 saturated heterocycles.